The van der Waals surface area contributed by atoms with Crippen molar-refractivity contribution in [3.8, 4) is 11.6 Å². The highest BCUT2D eigenvalue weighted by atomic mass is 19.4. The largest absolute Gasteiger partial charge is 0.574 e. The summed E-state index contributed by atoms with van der Waals surface area (Å²) in [5, 5.41) is 9.30. The lowest BCUT2D eigenvalue weighted by Crippen LogP contribution is -2.19. The van der Waals surface area contributed by atoms with Gasteiger partial charge in [0, 0.05) is 6.07 Å². The first kappa shape index (κ1) is 14.1. The number of carbonyl (C=O) groups is 1. The summed E-state index contributed by atoms with van der Waals surface area (Å²) in [6.45, 7) is 2.97. The summed E-state index contributed by atoms with van der Waals surface area (Å²) in [5.41, 5.74) is -0.158. The van der Waals surface area contributed by atoms with Crippen LogP contribution in [0, 0.1) is 6.92 Å². The number of nitrogens with zero attached hydrogens (tertiary/aromatic N) is 1. The molecule has 8 heteroatoms. The quantitative estimate of drug-likeness (QED) is 0.848. The Morgan fingerprint density at radius 2 is 2.11 bits per heavy atom. The van der Waals surface area contributed by atoms with E-state index in [4.69, 9.17) is 0 Å². The van der Waals surface area contributed by atoms with Crippen molar-refractivity contribution in [2.24, 2.45) is 0 Å². The molecule has 0 aliphatic carbocycles. The number of esters is 1. The molecule has 0 unspecified atom stereocenters. The van der Waals surface area contributed by atoms with E-state index in [0.29, 0.717) is 0 Å². The van der Waals surface area contributed by atoms with E-state index in [1.165, 1.54) is 6.92 Å². The van der Waals surface area contributed by atoms with Crippen molar-refractivity contribution in [3.05, 3.63) is 17.3 Å². The molecular weight excluding hydrogens is 255 g/mol. The number of rotatable bonds is 3. The van der Waals surface area contributed by atoms with Gasteiger partial charge in [-0.15, -0.1) is 13.2 Å². The zero-order chi connectivity index (χ0) is 13.9. The van der Waals surface area contributed by atoms with Crippen LogP contribution < -0.4 is 4.74 Å². The summed E-state index contributed by atoms with van der Waals surface area (Å²) in [7, 11) is 0. The molecule has 1 N–H and O–H groups in total. The van der Waals surface area contributed by atoms with Crippen LogP contribution >= 0.6 is 0 Å². The van der Waals surface area contributed by atoms with E-state index in [1.807, 2.05) is 0 Å². The molecule has 5 nitrogen and oxygen atoms in total. The van der Waals surface area contributed by atoms with Crippen LogP contribution in [0.25, 0.3) is 0 Å². The van der Waals surface area contributed by atoms with E-state index in [2.05, 4.69) is 14.5 Å². The van der Waals surface area contributed by atoms with E-state index in [0.717, 1.165) is 6.07 Å². The number of aryl methyl sites for hydroxylation is 1. The van der Waals surface area contributed by atoms with Gasteiger partial charge in [0.25, 0.3) is 5.88 Å². The number of ether oxygens (including phenoxy) is 2. The molecule has 1 aromatic rings. The molecule has 0 saturated carbocycles. The standard InChI is InChI=1S/C10H10F3NO4/c1-3-17-9(16)6-4-7(15)8(14-5(6)2)18-10(11,12)13/h4,15H,3H2,1-2H3. The van der Waals surface area contributed by atoms with Crippen molar-refractivity contribution >= 4 is 5.97 Å². The highest BCUT2D eigenvalue weighted by Gasteiger charge is 2.33. The van der Waals surface area contributed by atoms with Crippen LogP contribution in [0.3, 0.4) is 0 Å². The zero-order valence-electron chi connectivity index (χ0n) is 9.54. The molecule has 0 amide bonds. The Morgan fingerprint density at radius 3 is 2.61 bits per heavy atom. The monoisotopic (exact) mass is 265 g/mol. The lowest BCUT2D eigenvalue weighted by molar-refractivity contribution is -0.276. The summed E-state index contributed by atoms with van der Waals surface area (Å²) in [6, 6.07) is 0.821. The number of aromatic hydroxyl groups is 1. The maximum absolute atomic E-state index is 12.0. The molecule has 0 saturated heterocycles. The van der Waals surface area contributed by atoms with Crippen molar-refractivity contribution < 1.29 is 32.5 Å². The molecule has 0 aliphatic rings. The Hall–Kier alpha value is -1.99. The number of carbonyl (C=O) groups excluding carboxylic acids is 1. The SMILES string of the molecule is CCOC(=O)c1cc(O)c(OC(F)(F)F)nc1C. The summed E-state index contributed by atoms with van der Waals surface area (Å²) < 4.78 is 44.1. The number of halogens is 3. The fourth-order valence-electron chi connectivity index (χ4n) is 1.17. The Kier molecular flexibility index (Phi) is 4.00. The predicted molar refractivity (Wildman–Crippen MR) is 53.3 cm³/mol. The fraction of sp³-hybridized carbons (Fsp3) is 0.400. The number of hydrogen-bond donors (Lipinski definition) is 1. The van der Waals surface area contributed by atoms with Crippen LogP contribution in [0.2, 0.25) is 0 Å². The second-order valence-electron chi connectivity index (χ2n) is 3.21. The van der Waals surface area contributed by atoms with Gasteiger partial charge in [-0.1, -0.05) is 0 Å². The molecule has 18 heavy (non-hydrogen) atoms. The summed E-state index contributed by atoms with van der Waals surface area (Å²) >= 11 is 0. The average Bonchev–Trinajstić information content (AvgIpc) is 2.21. The van der Waals surface area contributed by atoms with Gasteiger partial charge >= 0.3 is 12.3 Å². The maximum Gasteiger partial charge on any atom is 0.574 e. The van der Waals surface area contributed by atoms with Crippen molar-refractivity contribution in [2.45, 2.75) is 20.2 Å². The smallest absolute Gasteiger partial charge is 0.503 e. The number of hydrogen-bond acceptors (Lipinski definition) is 5. The topological polar surface area (TPSA) is 68.7 Å². The molecule has 0 aromatic carbocycles. The van der Waals surface area contributed by atoms with Crippen LogP contribution in [0.5, 0.6) is 11.6 Å². The minimum atomic E-state index is -4.97. The first-order valence-corrected chi connectivity index (χ1v) is 4.88. The second kappa shape index (κ2) is 5.11. The van der Waals surface area contributed by atoms with Crippen LogP contribution in [0.4, 0.5) is 13.2 Å². The predicted octanol–water partition coefficient (Wildman–Crippen LogP) is 2.17. The van der Waals surface area contributed by atoms with E-state index < -0.39 is 24.0 Å². The normalized spacial score (nSPS) is 11.2. The van der Waals surface area contributed by atoms with Gasteiger partial charge in [-0.05, 0) is 13.8 Å². The Bertz CT molecular complexity index is 459. The van der Waals surface area contributed by atoms with E-state index in [-0.39, 0.29) is 17.9 Å². The van der Waals surface area contributed by atoms with Crippen molar-refractivity contribution in [1.29, 1.82) is 0 Å². The van der Waals surface area contributed by atoms with Crippen LogP contribution in [0.15, 0.2) is 6.07 Å². The number of alkyl halides is 3. The van der Waals surface area contributed by atoms with Gasteiger partial charge in [-0.2, -0.15) is 0 Å². The third-order valence-corrected chi connectivity index (χ3v) is 1.87. The third-order valence-electron chi connectivity index (χ3n) is 1.87. The van der Waals surface area contributed by atoms with Crippen LogP contribution in [-0.4, -0.2) is 29.0 Å². The van der Waals surface area contributed by atoms with Gasteiger partial charge in [0.15, 0.2) is 5.75 Å². The van der Waals surface area contributed by atoms with Gasteiger partial charge < -0.3 is 14.6 Å². The first-order chi connectivity index (χ1) is 8.24. The van der Waals surface area contributed by atoms with Gasteiger partial charge in [-0.25, -0.2) is 9.78 Å². The lowest BCUT2D eigenvalue weighted by Gasteiger charge is -2.11. The third kappa shape index (κ3) is 3.51. The van der Waals surface area contributed by atoms with Crippen LogP contribution in [0.1, 0.15) is 23.0 Å². The van der Waals surface area contributed by atoms with Crippen molar-refractivity contribution in [1.82, 2.24) is 4.98 Å². The molecule has 0 aliphatic heterocycles. The minimum Gasteiger partial charge on any atom is -0.503 e. The van der Waals surface area contributed by atoms with Gasteiger partial charge in [-0.3, -0.25) is 0 Å². The van der Waals surface area contributed by atoms with E-state index in [1.54, 1.807) is 6.92 Å². The summed E-state index contributed by atoms with van der Waals surface area (Å²) in [6.07, 6.45) is -4.97. The van der Waals surface area contributed by atoms with Crippen molar-refractivity contribution in [3.63, 3.8) is 0 Å². The second-order valence-corrected chi connectivity index (χ2v) is 3.21. The number of pyridine rings is 1. The Morgan fingerprint density at radius 1 is 1.50 bits per heavy atom. The lowest BCUT2D eigenvalue weighted by atomic mass is 10.2. The summed E-state index contributed by atoms with van der Waals surface area (Å²) in [5.74, 6) is -2.68. The van der Waals surface area contributed by atoms with E-state index >= 15 is 0 Å². The fourth-order valence-corrected chi connectivity index (χ4v) is 1.17. The highest BCUT2D eigenvalue weighted by molar-refractivity contribution is 5.91. The molecule has 1 aromatic heterocycles. The molecule has 1 rings (SSSR count). The molecule has 0 spiro atoms. The number of aromatic nitrogens is 1. The molecule has 1 heterocycles. The highest BCUT2D eigenvalue weighted by Crippen LogP contribution is 2.31. The summed E-state index contributed by atoms with van der Waals surface area (Å²) in [4.78, 5) is 14.7. The first-order valence-electron chi connectivity index (χ1n) is 4.88. The Labute approximate surface area is 100 Å². The van der Waals surface area contributed by atoms with Gasteiger partial charge in [0.2, 0.25) is 0 Å². The van der Waals surface area contributed by atoms with E-state index in [9.17, 15) is 23.1 Å². The molecule has 100 valence electrons. The Balaban J connectivity index is 3.08. The van der Waals surface area contributed by atoms with Crippen LogP contribution in [-0.2, 0) is 4.74 Å². The molecule has 0 radical (unpaired) electrons. The molecule has 0 atom stereocenters. The average molecular weight is 265 g/mol. The maximum atomic E-state index is 12.0. The van der Waals surface area contributed by atoms with Gasteiger partial charge in [0.05, 0.1) is 17.9 Å². The molecule has 0 bridgehead atoms. The minimum absolute atomic E-state index is 0.0366. The zero-order valence-corrected chi connectivity index (χ0v) is 9.54. The van der Waals surface area contributed by atoms with Crippen molar-refractivity contribution in [2.75, 3.05) is 6.61 Å². The molecule has 0 fully saturated rings. The molecular formula is C10H10F3NO4. The van der Waals surface area contributed by atoms with Gasteiger partial charge in [0.1, 0.15) is 0 Å².